The first-order chi connectivity index (χ1) is 14.2. The molecule has 6 heteroatoms. The third-order valence-corrected chi connectivity index (χ3v) is 5.30. The molecular weight excluding hydrogens is 396 g/mol. The largest absolute Gasteiger partial charge is 0.402 e. The third-order valence-electron chi connectivity index (χ3n) is 5.05. The lowest BCUT2D eigenvalue weighted by atomic mass is 9.96. The van der Waals surface area contributed by atoms with Crippen LogP contribution in [0.5, 0.6) is 0 Å². The van der Waals surface area contributed by atoms with Crippen molar-refractivity contribution in [2.45, 2.75) is 38.8 Å². The van der Waals surface area contributed by atoms with Gasteiger partial charge in [0.1, 0.15) is 6.29 Å². The lowest BCUT2D eigenvalue weighted by Gasteiger charge is -2.30. The van der Waals surface area contributed by atoms with Gasteiger partial charge in [-0.05, 0) is 56.0 Å². The fraction of sp³-hybridized carbons (Fsp3) is 0.333. The Morgan fingerprint density at radius 2 is 1.90 bits per heavy atom. The lowest BCUT2D eigenvalue weighted by Crippen LogP contribution is -2.23. The summed E-state index contributed by atoms with van der Waals surface area (Å²) in [4.78, 5) is 20.4. The smallest absolute Gasteiger partial charge is 0.145 e. The summed E-state index contributed by atoms with van der Waals surface area (Å²) in [6.45, 7) is 8.08. The summed E-state index contributed by atoms with van der Waals surface area (Å²) in [5.41, 5.74) is 12.2. The zero-order valence-electron chi connectivity index (χ0n) is 18.0. The number of benzene rings is 1. The fourth-order valence-corrected chi connectivity index (χ4v) is 3.71. The minimum atomic E-state index is -0.209. The van der Waals surface area contributed by atoms with Gasteiger partial charge in [-0.25, -0.2) is 0 Å². The molecule has 2 N–H and O–H groups in total. The highest BCUT2D eigenvalue weighted by molar-refractivity contribution is 6.30. The molecule has 0 amide bonds. The number of likely N-dealkylation sites (tertiary alicyclic amines) is 1. The molecule has 5 nitrogen and oxygen atoms in total. The Labute approximate surface area is 183 Å². The number of aldehydes is 1. The van der Waals surface area contributed by atoms with E-state index in [0.717, 1.165) is 47.4 Å². The van der Waals surface area contributed by atoms with E-state index in [2.05, 4.69) is 11.5 Å². The summed E-state index contributed by atoms with van der Waals surface area (Å²) < 4.78 is 0. The number of carbonyl (C=O) groups excluding carboxylic acids is 1. The maximum atomic E-state index is 11.4. The number of rotatable bonds is 6. The Morgan fingerprint density at radius 3 is 2.40 bits per heavy atom. The average molecular weight is 425 g/mol. The first-order valence-electron chi connectivity index (χ1n) is 10.0. The molecule has 3 rings (SSSR count). The maximum Gasteiger partial charge on any atom is 0.145 e. The van der Waals surface area contributed by atoms with Gasteiger partial charge in [-0.1, -0.05) is 30.3 Å². The number of aliphatic imine (C=N–C) groups is 1. The van der Waals surface area contributed by atoms with Crippen LogP contribution in [0.3, 0.4) is 0 Å². The van der Waals surface area contributed by atoms with Gasteiger partial charge in [-0.2, -0.15) is 0 Å². The van der Waals surface area contributed by atoms with Gasteiger partial charge in [-0.3, -0.25) is 9.79 Å². The highest BCUT2D eigenvalue weighted by atomic mass is 35.5. The normalized spacial score (nSPS) is 23.2. The molecule has 30 heavy (non-hydrogen) atoms. The first-order valence-corrected chi connectivity index (χ1v) is 10.4. The first kappa shape index (κ1) is 21.9. The van der Waals surface area contributed by atoms with E-state index in [1.54, 1.807) is 6.92 Å². The molecule has 1 atom stereocenters. The van der Waals surface area contributed by atoms with Crippen LogP contribution in [0.15, 0.2) is 76.4 Å². The topological polar surface area (TPSA) is 61.9 Å². The molecule has 1 unspecified atom stereocenters. The van der Waals surface area contributed by atoms with Crippen molar-refractivity contribution >= 4 is 23.6 Å². The minimum Gasteiger partial charge on any atom is -0.402 e. The molecule has 158 valence electrons. The van der Waals surface area contributed by atoms with Crippen LogP contribution >= 0.6 is 11.6 Å². The SMILES string of the molecule is C=C1C(=NC2CC2)C(=C(C)N)C(c2ccc(Cl)cc2)N1C(/C=C(/C)C=O)=C/N(C)C. The Kier molecular flexibility index (Phi) is 6.52. The predicted octanol–water partition coefficient (Wildman–Crippen LogP) is 4.59. The number of halogens is 1. The van der Waals surface area contributed by atoms with Crippen LogP contribution in [0.25, 0.3) is 0 Å². The predicted molar refractivity (Wildman–Crippen MR) is 124 cm³/mol. The van der Waals surface area contributed by atoms with Gasteiger partial charge in [0.2, 0.25) is 0 Å². The van der Waals surface area contributed by atoms with Gasteiger partial charge in [0.15, 0.2) is 0 Å². The van der Waals surface area contributed by atoms with Crippen molar-refractivity contribution in [1.82, 2.24) is 9.80 Å². The van der Waals surface area contributed by atoms with Gasteiger partial charge in [-0.15, -0.1) is 0 Å². The van der Waals surface area contributed by atoms with Crippen LogP contribution < -0.4 is 5.73 Å². The van der Waals surface area contributed by atoms with Gasteiger partial charge in [0.25, 0.3) is 0 Å². The number of hydrogen-bond donors (Lipinski definition) is 1. The maximum absolute atomic E-state index is 11.4. The second-order valence-electron chi connectivity index (χ2n) is 8.10. The van der Waals surface area contributed by atoms with E-state index in [9.17, 15) is 4.79 Å². The average Bonchev–Trinajstić information content (AvgIpc) is 3.45. The van der Waals surface area contributed by atoms with Crippen molar-refractivity contribution in [3.05, 3.63) is 81.9 Å². The van der Waals surface area contributed by atoms with Crippen molar-refractivity contribution in [3.8, 4) is 0 Å². The Balaban J connectivity index is 2.25. The summed E-state index contributed by atoms with van der Waals surface area (Å²) in [7, 11) is 3.90. The molecule has 1 aromatic carbocycles. The highest BCUT2D eigenvalue weighted by Gasteiger charge is 2.41. The summed E-state index contributed by atoms with van der Waals surface area (Å²) in [5.74, 6) is 0. The quantitative estimate of drug-likeness (QED) is 0.412. The summed E-state index contributed by atoms with van der Waals surface area (Å²) >= 11 is 6.15. The molecule has 0 spiro atoms. The van der Waals surface area contributed by atoms with E-state index >= 15 is 0 Å². The van der Waals surface area contributed by atoms with Crippen LogP contribution in [-0.4, -0.2) is 41.9 Å². The second kappa shape index (κ2) is 8.92. The van der Waals surface area contributed by atoms with Gasteiger partial charge in [0, 0.05) is 36.6 Å². The Bertz CT molecular complexity index is 961. The number of nitrogens with zero attached hydrogens (tertiary/aromatic N) is 3. The molecule has 1 saturated carbocycles. The highest BCUT2D eigenvalue weighted by Crippen LogP contribution is 2.45. The molecule has 2 fully saturated rings. The van der Waals surface area contributed by atoms with E-state index in [-0.39, 0.29) is 6.04 Å². The van der Waals surface area contributed by atoms with Gasteiger partial charge >= 0.3 is 0 Å². The van der Waals surface area contributed by atoms with E-state index in [1.165, 1.54) is 0 Å². The Hall–Kier alpha value is -2.79. The molecule has 0 aromatic heterocycles. The molecule has 1 heterocycles. The summed E-state index contributed by atoms with van der Waals surface area (Å²) in [5, 5.41) is 0.671. The monoisotopic (exact) mass is 424 g/mol. The van der Waals surface area contributed by atoms with E-state index in [0.29, 0.717) is 22.3 Å². The summed E-state index contributed by atoms with van der Waals surface area (Å²) in [6.07, 6.45) is 6.87. The number of allylic oxidation sites excluding steroid dienone is 4. The summed E-state index contributed by atoms with van der Waals surface area (Å²) in [6, 6.07) is 7.86. The fourth-order valence-electron chi connectivity index (χ4n) is 3.58. The molecule has 1 aromatic rings. The van der Waals surface area contributed by atoms with Crippen LogP contribution in [0, 0.1) is 0 Å². The minimum absolute atomic E-state index is 0.209. The second-order valence-corrected chi connectivity index (χ2v) is 8.54. The molecule has 0 radical (unpaired) electrons. The number of hydrogen-bond acceptors (Lipinski definition) is 5. The molecular formula is C24H29ClN4O. The van der Waals surface area contributed by atoms with Crippen LogP contribution in [-0.2, 0) is 4.79 Å². The van der Waals surface area contributed by atoms with Gasteiger partial charge < -0.3 is 15.5 Å². The van der Waals surface area contributed by atoms with Crippen molar-refractivity contribution in [3.63, 3.8) is 0 Å². The van der Waals surface area contributed by atoms with Gasteiger partial charge in [0.05, 0.1) is 29.2 Å². The van der Waals surface area contributed by atoms with Crippen molar-refractivity contribution in [1.29, 1.82) is 0 Å². The number of nitrogens with two attached hydrogens (primary N) is 1. The molecule has 0 bridgehead atoms. The lowest BCUT2D eigenvalue weighted by molar-refractivity contribution is -0.104. The van der Waals surface area contributed by atoms with E-state index in [1.807, 2.05) is 62.5 Å². The molecule has 1 aliphatic carbocycles. The van der Waals surface area contributed by atoms with E-state index in [4.69, 9.17) is 22.3 Å². The van der Waals surface area contributed by atoms with Crippen molar-refractivity contribution in [2.75, 3.05) is 14.1 Å². The van der Waals surface area contributed by atoms with E-state index < -0.39 is 0 Å². The zero-order chi connectivity index (χ0) is 22.0. The van der Waals surface area contributed by atoms with Crippen LogP contribution in [0.2, 0.25) is 5.02 Å². The number of carbonyl (C=O) groups is 1. The van der Waals surface area contributed by atoms with Crippen LogP contribution in [0.1, 0.15) is 38.3 Å². The van der Waals surface area contributed by atoms with Crippen LogP contribution in [0.4, 0.5) is 0 Å². The Morgan fingerprint density at radius 1 is 1.27 bits per heavy atom. The molecule has 2 aliphatic rings. The standard InChI is InChI=1S/C24H29ClN4O/c1-15(14-30)12-21(13-28(4)5)29-17(3)23(27-20-10-11-20)22(16(2)26)24(29)18-6-8-19(25)9-7-18/h6-9,12-14,20,24H,3,10-11,26H2,1-2,4-5H3/b15-12-,21-13+,22-16?,27-23?. The third kappa shape index (κ3) is 4.68. The zero-order valence-corrected chi connectivity index (χ0v) is 18.8. The molecule has 1 saturated heterocycles. The molecule has 1 aliphatic heterocycles. The van der Waals surface area contributed by atoms with Crippen molar-refractivity contribution in [2.24, 2.45) is 10.7 Å². The van der Waals surface area contributed by atoms with Crippen molar-refractivity contribution < 1.29 is 4.79 Å².